The second-order valence-electron chi connectivity index (χ2n) is 6.38. The average molecular weight is 374 g/mol. The van der Waals surface area contributed by atoms with Crippen LogP contribution in [0.4, 0.5) is 10.5 Å². The van der Waals surface area contributed by atoms with Crippen LogP contribution in [-0.2, 0) is 11.3 Å². The van der Waals surface area contributed by atoms with Crippen LogP contribution in [0.3, 0.4) is 0 Å². The predicted octanol–water partition coefficient (Wildman–Crippen LogP) is 4.05. The topological polar surface area (TPSA) is 53.6 Å². The van der Waals surface area contributed by atoms with Crippen LogP contribution in [0.2, 0.25) is 5.02 Å². The molecule has 5 nitrogen and oxygen atoms in total. The molecule has 0 aliphatic carbocycles. The van der Waals surface area contributed by atoms with Gasteiger partial charge in [0, 0.05) is 36.4 Å². The van der Waals surface area contributed by atoms with Crippen LogP contribution < -0.4 is 10.6 Å². The van der Waals surface area contributed by atoms with Gasteiger partial charge in [-0.25, -0.2) is 4.79 Å². The van der Waals surface area contributed by atoms with Gasteiger partial charge in [-0.05, 0) is 42.3 Å². The highest BCUT2D eigenvalue weighted by atomic mass is 35.5. The van der Waals surface area contributed by atoms with Crippen LogP contribution in [0.25, 0.3) is 0 Å². The van der Waals surface area contributed by atoms with E-state index in [4.69, 9.17) is 16.3 Å². The summed E-state index contributed by atoms with van der Waals surface area (Å²) < 4.78 is 5.41. The van der Waals surface area contributed by atoms with Gasteiger partial charge in [0.1, 0.15) is 0 Å². The molecule has 6 heteroatoms. The van der Waals surface area contributed by atoms with E-state index in [0.29, 0.717) is 17.6 Å². The van der Waals surface area contributed by atoms with E-state index in [1.807, 2.05) is 36.4 Å². The van der Waals surface area contributed by atoms with Crippen LogP contribution in [-0.4, -0.2) is 37.2 Å². The highest BCUT2D eigenvalue weighted by Crippen LogP contribution is 2.22. The Morgan fingerprint density at radius 3 is 2.42 bits per heavy atom. The second-order valence-corrected chi connectivity index (χ2v) is 6.82. The lowest BCUT2D eigenvalue weighted by molar-refractivity contribution is 0.0198. The monoisotopic (exact) mass is 373 g/mol. The standard InChI is InChI=1S/C20H24ClN3O2/c1-15(24-10-12-26-13-11-24)17-4-8-19(9-5-17)23-20(25)22-14-16-2-6-18(21)7-3-16/h2-9,15H,10-14H2,1H3,(H2,22,23,25). The third kappa shape index (κ3) is 5.21. The molecule has 2 N–H and O–H groups in total. The Labute approximate surface area is 159 Å². The van der Waals surface area contributed by atoms with Crippen LogP contribution in [0.5, 0.6) is 0 Å². The zero-order valence-electron chi connectivity index (χ0n) is 14.9. The van der Waals surface area contributed by atoms with Crippen molar-refractivity contribution in [2.24, 2.45) is 0 Å². The van der Waals surface area contributed by atoms with E-state index < -0.39 is 0 Å². The number of benzene rings is 2. The van der Waals surface area contributed by atoms with E-state index in [0.717, 1.165) is 37.6 Å². The number of amides is 2. The van der Waals surface area contributed by atoms with E-state index >= 15 is 0 Å². The minimum absolute atomic E-state index is 0.228. The third-order valence-electron chi connectivity index (χ3n) is 4.61. The number of morpholine rings is 1. The zero-order chi connectivity index (χ0) is 18.4. The number of carbonyl (C=O) groups is 1. The minimum atomic E-state index is -0.228. The number of hydrogen-bond acceptors (Lipinski definition) is 3. The van der Waals surface area contributed by atoms with Gasteiger partial charge in [0.15, 0.2) is 0 Å². The Bertz CT molecular complexity index is 713. The fourth-order valence-electron chi connectivity index (χ4n) is 2.98. The summed E-state index contributed by atoms with van der Waals surface area (Å²) in [4.78, 5) is 14.5. The summed E-state index contributed by atoms with van der Waals surface area (Å²) in [6.45, 7) is 6.14. The molecule has 0 saturated carbocycles. The Hall–Kier alpha value is -2.08. The van der Waals surface area contributed by atoms with E-state index in [2.05, 4.69) is 34.6 Å². The van der Waals surface area contributed by atoms with Gasteiger partial charge in [0.2, 0.25) is 0 Å². The summed E-state index contributed by atoms with van der Waals surface area (Å²) in [7, 11) is 0. The number of nitrogens with one attached hydrogen (secondary N) is 2. The number of nitrogens with zero attached hydrogens (tertiary/aromatic N) is 1. The average Bonchev–Trinajstić information content (AvgIpc) is 2.68. The number of ether oxygens (including phenoxy) is 1. The van der Waals surface area contributed by atoms with Gasteiger partial charge in [-0.15, -0.1) is 0 Å². The third-order valence-corrected chi connectivity index (χ3v) is 4.86. The van der Waals surface area contributed by atoms with Gasteiger partial charge in [-0.2, -0.15) is 0 Å². The molecule has 0 radical (unpaired) electrons. The fourth-order valence-corrected chi connectivity index (χ4v) is 3.11. The molecule has 1 unspecified atom stereocenters. The maximum Gasteiger partial charge on any atom is 0.319 e. The molecule has 1 heterocycles. The lowest BCUT2D eigenvalue weighted by atomic mass is 10.1. The lowest BCUT2D eigenvalue weighted by Crippen LogP contribution is -2.38. The number of rotatable bonds is 5. The van der Waals surface area contributed by atoms with Crippen LogP contribution >= 0.6 is 11.6 Å². The normalized spacial score (nSPS) is 16.1. The van der Waals surface area contributed by atoms with E-state index in [1.54, 1.807) is 0 Å². The lowest BCUT2D eigenvalue weighted by Gasteiger charge is -2.32. The molecule has 0 bridgehead atoms. The molecule has 3 rings (SSSR count). The molecule has 1 aliphatic heterocycles. The van der Waals surface area contributed by atoms with Crippen LogP contribution in [0.1, 0.15) is 24.1 Å². The smallest absolute Gasteiger partial charge is 0.319 e. The van der Waals surface area contributed by atoms with Crippen LogP contribution in [0.15, 0.2) is 48.5 Å². The maximum absolute atomic E-state index is 12.0. The Morgan fingerprint density at radius 2 is 1.77 bits per heavy atom. The molecule has 138 valence electrons. The second kappa shape index (κ2) is 9.03. The Balaban J connectivity index is 1.50. The SMILES string of the molecule is CC(c1ccc(NC(=O)NCc2ccc(Cl)cc2)cc1)N1CCOCC1. The van der Waals surface area contributed by atoms with Crippen molar-refractivity contribution in [2.45, 2.75) is 19.5 Å². The molecular weight excluding hydrogens is 350 g/mol. The molecule has 1 saturated heterocycles. The van der Waals surface area contributed by atoms with E-state index in [1.165, 1.54) is 5.56 Å². The zero-order valence-corrected chi connectivity index (χ0v) is 15.6. The van der Waals surface area contributed by atoms with Crippen molar-refractivity contribution in [3.63, 3.8) is 0 Å². The maximum atomic E-state index is 12.0. The molecule has 2 amide bonds. The van der Waals surface area contributed by atoms with Gasteiger partial charge in [-0.1, -0.05) is 35.9 Å². The molecule has 0 aromatic heterocycles. The Morgan fingerprint density at radius 1 is 1.12 bits per heavy atom. The van der Waals surface area contributed by atoms with Crippen molar-refractivity contribution in [3.8, 4) is 0 Å². The molecule has 1 atom stereocenters. The molecular formula is C20H24ClN3O2. The van der Waals surface area contributed by atoms with Crippen molar-refractivity contribution in [3.05, 3.63) is 64.7 Å². The molecule has 0 spiro atoms. The molecule has 1 aliphatic rings. The Kier molecular flexibility index (Phi) is 6.50. The first-order valence-electron chi connectivity index (χ1n) is 8.83. The summed E-state index contributed by atoms with van der Waals surface area (Å²) in [6, 6.07) is 15.5. The quantitative estimate of drug-likeness (QED) is 0.831. The first kappa shape index (κ1) is 18.7. The van der Waals surface area contributed by atoms with Crippen molar-refractivity contribution in [1.82, 2.24) is 10.2 Å². The first-order valence-corrected chi connectivity index (χ1v) is 9.20. The van der Waals surface area contributed by atoms with Gasteiger partial charge in [0.25, 0.3) is 0 Å². The fraction of sp³-hybridized carbons (Fsp3) is 0.350. The largest absolute Gasteiger partial charge is 0.379 e. The number of anilines is 1. The number of halogens is 1. The summed E-state index contributed by atoms with van der Waals surface area (Å²) in [6.07, 6.45) is 0. The summed E-state index contributed by atoms with van der Waals surface area (Å²) >= 11 is 5.86. The molecule has 1 fully saturated rings. The summed E-state index contributed by atoms with van der Waals surface area (Å²) in [5.74, 6) is 0. The predicted molar refractivity (Wildman–Crippen MR) is 105 cm³/mol. The number of hydrogen-bond donors (Lipinski definition) is 2. The van der Waals surface area contributed by atoms with Gasteiger partial charge in [-0.3, -0.25) is 4.90 Å². The number of urea groups is 1. The van der Waals surface area contributed by atoms with Crippen LogP contribution in [0, 0.1) is 0 Å². The van der Waals surface area contributed by atoms with E-state index in [-0.39, 0.29) is 6.03 Å². The minimum Gasteiger partial charge on any atom is -0.379 e. The molecule has 2 aromatic rings. The van der Waals surface area contributed by atoms with Crippen molar-refractivity contribution < 1.29 is 9.53 Å². The summed E-state index contributed by atoms with van der Waals surface area (Å²) in [5.41, 5.74) is 3.01. The highest BCUT2D eigenvalue weighted by molar-refractivity contribution is 6.30. The van der Waals surface area contributed by atoms with Gasteiger partial charge in [0.05, 0.1) is 13.2 Å². The van der Waals surface area contributed by atoms with Crippen molar-refractivity contribution in [2.75, 3.05) is 31.6 Å². The molecule has 26 heavy (non-hydrogen) atoms. The number of carbonyl (C=O) groups excluding carboxylic acids is 1. The first-order chi connectivity index (χ1) is 12.6. The highest BCUT2D eigenvalue weighted by Gasteiger charge is 2.18. The molecule has 2 aromatic carbocycles. The van der Waals surface area contributed by atoms with Crippen molar-refractivity contribution >= 4 is 23.3 Å². The van der Waals surface area contributed by atoms with Gasteiger partial charge < -0.3 is 15.4 Å². The van der Waals surface area contributed by atoms with Gasteiger partial charge >= 0.3 is 6.03 Å². The van der Waals surface area contributed by atoms with E-state index in [9.17, 15) is 4.79 Å². The summed E-state index contributed by atoms with van der Waals surface area (Å²) in [5, 5.41) is 6.39. The van der Waals surface area contributed by atoms with Crippen molar-refractivity contribution in [1.29, 1.82) is 0 Å².